The summed E-state index contributed by atoms with van der Waals surface area (Å²) in [4.78, 5) is 11.8. The van der Waals surface area contributed by atoms with Crippen LogP contribution in [-0.4, -0.2) is 14.2 Å². The van der Waals surface area contributed by atoms with E-state index < -0.39 is 14.9 Å². The van der Waals surface area contributed by atoms with Crippen molar-refractivity contribution in [2.45, 2.75) is 16.6 Å². The number of Topliss-reactive ketones (excluding diaryl/α,β-unsaturated/α-hetero) is 1. The van der Waals surface area contributed by atoms with E-state index >= 15 is 0 Å². The molecule has 1 unspecified atom stereocenters. The summed E-state index contributed by atoms with van der Waals surface area (Å²) in [6.45, 7) is 1.95. The number of benzene rings is 2. The Labute approximate surface area is 132 Å². The van der Waals surface area contributed by atoms with Crippen LogP contribution in [0.1, 0.15) is 26.3 Å². The maximum Gasteiger partial charge on any atom is 0.238 e. The molecule has 0 saturated carbocycles. The van der Waals surface area contributed by atoms with E-state index in [-0.39, 0.29) is 10.7 Å². The van der Waals surface area contributed by atoms with E-state index in [4.69, 9.17) is 5.14 Å². The lowest BCUT2D eigenvalue weighted by molar-refractivity contribution is 0.0991. The predicted molar refractivity (Wildman–Crippen MR) is 85.0 cm³/mol. The van der Waals surface area contributed by atoms with Crippen LogP contribution in [0.15, 0.2) is 53.4 Å². The summed E-state index contributed by atoms with van der Waals surface area (Å²) in [5.74, 6) is -0.0849. The number of alkyl halides is 1. The lowest BCUT2D eigenvalue weighted by Gasteiger charge is -2.10. The van der Waals surface area contributed by atoms with Gasteiger partial charge in [-0.25, -0.2) is 13.6 Å². The standard InChI is InChI=1S/C15H14BrNO3S/c1-10-2-4-12(5-3-10)15(18)14(16)11-6-8-13(9-7-11)21(17,19)20/h2-9,14H,1H3,(H2,17,19,20). The monoisotopic (exact) mass is 367 g/mol. The minimum absolute atomic E-state index is 0.0220. The fraction of sp³-hybridized carbons (Fsp3) is 0.133. The number of halogens is 1. The van der Waals surface area contributed by atoms with Crippen molar-refractivity contribution < 1.29 is 13.2 Å². The molecule has 0 saturated heterocycles. The van der Waals surface area contributed by atoms with Gasteiger partial charge in [0.1, 0.15) is 4.83 Å². The van der Waals surface area contributed by atoms with E-state index in [1.54, 1.807) is 24.3 Å². The number of nitrogens with two attached hydrogens (primary N) is 1. The third kappa shape index (κ3) is 3.78. The number of rotatable bonds is 4. The molecule has 2 N–H and O–H groups in total. The first-order valence-electron chi connectivity index (χ1n) is 6.17. The number of sulfonamides is 1. The molecular formula is C15H14BrNO3S. The van der Waals surface area contributed by atoms with Crippen molar-refractivity contribution in [3.63, 3.8) is 0 Å². The summed E-state index contributed by atoms with van der Waals surface area (Å²) in [5, 5.41) is 5.04. The highest BCUT2D eigenvalue weighted by Crippen LogP contribution is 2.28. The molecule has 0 aliphatic rings. The molecule has 2 rings (SSSR count). The minimum atomic E-state index is -3.72. The van der Waals surface area contributed by atoms with Crippen molar-refractivity contribution in [2.75, 3.05) is 0 Å². The first kappa shape index (κ1) is 15.9. The van der Waals surface area contributed by atoms with Gasteiger partial charge in [0.05, 0.1) is 4.90 Å². The Morgan fingerprint density at radius 2 is 1.57 bits per heavy atom. The third-order valence-electron chi connectivity index (χ3n) is 3.07. The van der Waals surface area contributed by atoms with Gasteiger partial charge in [0.15, 0.2) is 5.78 Å². The van der Waals surface area contributed by atoms with E-state index in [1.165, 1.54) is 12.1 Å². The Kier molecular flexibility index (Phi) is 4.61. The smallest absolute Gasteiger partial charge is 0.238 e. The number of hydrogen-bond acceptors (Lipinski definition) is 3. The van der Waals surface area contributed by atoms with Crippen LogP contribution in [0.4, 0.5) is 0 Å². The van der Waals surface area contributed by atoms with Gasteiger partial charge in [-0.05, 0) is 24.6 Å². The van der Waals surface area contributed by atoms with Crippen molar-refractivity contribution >= 4 is 31.7 Å². The Bertz CT molecular complexity index is 753. The van der Waals surface area contributed by atoms with Gasteiger partial charge >= 0.3 is 0 Å². The molecular weight excluding hydrogens is 354 g/mol. The van der Waals surface area contributed by atoms with Crippen LogP contribution < -0.4 is 5.14 Å². The second-order valence-electron chi connectivity index (χ2n) is 4.71. The molecule has 2 aromatic rings. The van der Waals surface area contributed by atoms with Crippen LogP contribution in [0.3, 0.4) is 0 Å². The molecule has 6 heteroatoms. The van der Waals surface area contributed by atoms with E-state index in [0.29, 0.717) is 11.1 Å². The lowest BCUT2D eigenvalue weighted by Crippen LogP contribution is -2.12. The van der Waals surface area contributed by atoms with Crippen LogP contribution in [0.25, 0.3) is 0 Å². The van der Waals surface area contributed by atoms with Crippen LogP contribution in [0.2, 0.25) is 0 Å². The molecule has 0 heterocycles. The highest BCUT2D eigenvalue weighted by atomic mass is 79.9. The van der Waals surface area contributed by atoms with Crippen molar-refractivity contribution in [1.29, 1.82) is 0 Å². The Morgan fingerprint density at radius 1 is 1.05 bits per heavy atom. The van der Waals surface area contributed by atoms with E-state index in [2.05, 4.69) is 15.9 Å². The molecule has 4 nitrogen and oxygen atoms in total. The maximum absolute atomic E-state index is 12.3. The number of ketones is 1. The summed E-state index contributed by atoms with van der Waals surface area (Å²) in [5.41, 5.74) is 2.35. The second-order valence-corrected chi connectivity index (χ2v) is 7.18. The predicted octanol–water partition coefficient (Wildman–Crippen LogP) is 2.96. The van der Waals surface area contributed by atoms with Gasteiger partial charge in [0, 0.05) is 5.56 Å². The highest BCUT2D eigenvalue weighted by molar-refractivity contribution is 9.09. The van der Waals surface area contributed by atoms with Crippen molar-refractivity contribution in [3.8, 4) is 0 Å². The number of hydrogen-bond donors (Lipinski definition) is 1. The minimum Gasteiger partial charge on any atom is -0.293 e. The molecule has 0 aliphatic carbocycles. The quantitative estimate of drug-likeness (QED) is 0.666. The topological polar surface area (TPSA) is 77.2 Å². The molecule has 110 valence electrons. The van der Waals surface area contributed by atoms with Crippen LogP contribution >= 0.6 is 15.9 Å². The summed E-state index contributed by atoms with van der Waals surface area (Å²) in [7, 11) is -3.72. The molecule has 1 atom stereocenters. The average Bonchev–Trinajstić information content (AvgIpc) is 2.46. The van der Waals surface area contributed by atoms with Gasteiger partial charge in [-0.2, -0.15) is 0 Å². The summed E-state index contributed by atoms with van der Waals surface area (Å²) >= 11 is 3.35. The zero-order chi connectivity index (χ0) is 15.6. The third-order valence-corrected chi connectivity index (χ3v) is 4.94. The van der Waals surface area contributed by atoms with Crippen molar-refractivity contribution in [3.05, 3.63) is 65.2 Å². The first-order chi connectivity index (χ1) is 9.79. The number of aryl methyl sites for hydroxylation is 1. The molecule has 21 heavy (non-hydrogen) atoms. The zero-order valence-electron chi connectivity index (χ0n) is 11.3. The summed E-state index contributed by atoms with van der Waals surface area (Å²) < 4.78 is 22.4. The number of carbonyl (C=O) groups excluding carboxylic acids is 1. The van der Waals surface area contributed by atoms with Crippen molar-refractivity contribution in [1.82, 2.24) is 0 Å². The molecule has 2 aromatic carbocycles. The van der Waals surface area contributed by atoms with Crippen LogP contribution in [-0.2, 0) is 10.0 Å². The fourth-order valence-electron chi connectivity index (χ4n) is 1.84. The van der Waals surface area contributed by atoms with E-state index in [9.17, 15) is 13.2 Å². The van der Waals surface area contributed by atoms with Crippen LogP contribution in [0.5, 0.6) is 0 Å². The second kappa shape index (κ2) is 6.09. The maximum atomic E-state index is 12.3. The molecule has 0 spiro atoms. The highest BCUT2D eigenvalue weighted by Gasteiger charge is 2.19. The van der Waals surface area contributed by atoms with Crippen molar-refractivity contribution in [2.24, 2.45) is 5.14 Å². The SMILES string of the molecule is Cc1ccc(C(=O)C(Br)c2ccc(S(N)(=O)=O)cc2)cc1. The first-order valence-corrected chi connectivity index (χ1v) is 8.63. The molecule has 0 bridgehead atoms. The van der Waals surface area contributed by atoms with E-state index in [1.807, 2.05) is 19.1 Å². The van der Waals surface area contributed by atoms with Gasteiger partial charge in [0.2, 0.25) is 10.0 Å². The normalized spacial score (nSPS) is 12.9. The Hall–Kier alpha value is -1.50. The van der Waals surface area contributed by atoms with Gasteiger partial charge in [0.25, 0.3) is 0 Å². The zero-order valence-corrected chi connectivity index (χ0v) is 13.7. The van der Waals surface area contributed by atoms with Gasteiger partial charge < -0.3 is 0 Å². The van der Waals surface area contributed by atoms with Gasteiger partial charge in [-0.15, -0.1) is 0 Å². The molecule has 0 fully saturated rings. The lowest BCUT2D eigenvalue weighted by atomic mass is 10.0. The Balaban J connectivity index is 2.25. The fourth-order valence-corrected chi connectivity index (χ4v) is 2.93. The number of primary sulfonamides is 1. The molecule has 0 amide bonds. The van der Waals surface area contributed by atoms with Crippen LogP contribution in [0, 0.1) is 6.92 Å². The summed E-state index contributed by atoms with van der Waals surface area (Å²) in [6.07, 6.45) is 0. The number of carbonyl (C=O) groups is 1. The molecule has 0 radical (unpaired) electrons. The Morgan fingerprint density at radius 3 is 2.05 bits per heavy atom. The summed E-state index contributed by atoms with van der Waals surface area (Å²) in [6, 6.07) is 13.2. The van der Waals surface area contributed by atoms with Gasteiger partial charge in [-0.3, -0.25) is 4.79 Å². The molecule has 0 aliphatic heterocycles. The largest absolute Gasteiger partial charge is 0.293 e. The molecule has 0 aromatic heterocycles. The average molecular weight is 368 g/mol. The van der Waals surface area contributed by atoms with Gasteiger partial charge in [-0.1, -0.05) is 57.9 Å². The van der Waals surface area contributed by atoms with E-state index in [0.717, 1.165) is 5.56 Å².